The number of likely N-dealkylation sites (tertiary alicyclic amines) is 2. The number of aromatic amines is 1. The quantitative estimate of drug-likeness (QED) is 0.855. The number of H-pyrrole nitrogens is 1. The molecule has 2 aromatic rings. The summed E-state index contributed by atoms with van der Waals surface area (Å²) in [5.41, 5.74) is 0.513. The van der Waals surface area contributed by atoms with Gasteiger partial charge in [0.2, 0.25) is 5.91 Å². The van der Waals surface area contributed by atoms with E-state index in [1.807, 2.05) is 11.8 Å². The third kappa shape index (κ3) is 2.96. The molecule has 0 aliphatic carbocycles. The zero-order valence-corrected chi connectivity index (χ0v) is 16.3. The molecule has 8 heteroatoms. The van der Waals surface area contributed by atoms with E-state index in [2.05, 4.69) is 15.2 Å². The summed E-state index contributed by atoms with van der Waals surface area (Å²) in [5, 5.41) is 7.29. The SMILES string of the molecule is CC(=O)N1C[C@H]2CN(C(=O)c3ccc(C)c(F)c3)CC[C@@]2(c2n[nH]c(C)n2)C1. The van der Waals surface area contributed by atoms with Crippen molar-refractivity contribution in [2.24, 2.45) is 5.92 Å². The molecule has 1 aromatic heterocycles. The molecule has 28 heavy (non-hydrogen) atoms. The second-order valence-corrected chi connectivity index (χ2v) is 7.96. The Morgan fingerprint density at radius 1 is 1.25 bits per heavy atom. The molecule has 2 aliphatic heterocycles. The first-order valence-corrected chi connectivity index (χ1v) is 9.50. The minimum atomic E-state index is -0.378. The number of piperidine rings is 1. The molecular formula is C20H24FN5O2. The third-order valence-corrected chi connectivity index (χ3v) is 6.16. The van der Waals surface area contributed by atoms with Gasteiger partial charge in [-0.1, -0.05) is 6.07 Å². The van der Waals surface area contributed by atoms with Crippen LogP contribution in [0.3, 0.4) is 0 Å². The lowest BCUT2D eigenvalue weighted by molar-refractivity contribution is -0.128. The molecule has 4 rings (SSSR count). The molecule has 148 valence electrons. The van der Waals surface area contributed by atoms with Crippen LogP contribution >= 0.6 is 0 Å². The van der Waals surface area contributed by atoms with Crippen molar-refractivity contribution >= 4 is 11.8 Å². The Balaban J connectivity index is 1.61. The van der Waals surface area contributed by atoms with Crippen LogP contribution in [0.15, 0.2) is 18.2 Å². The smallest absolute Gasteiger partial charge is 0.253 e. The van der Waals surface area contributed by atoms with Gasteiger partial charge in [-0.2, -0.15) is 5.10 Å². The van der Waals surface area contributed by atoms with E-state index < -0.39 is 0 Å². The number of hydrogen-bond acceptors (Lipinski definition) is 4. The van der Waals surface area contributed by atoms with Crippen molar-refractivity contribution in [3.05, 3.63) is 46.8 Å². The zero-order chi connectivity index (χ0) is 20.1. The number of carbonyl (C=O) groups excluding carboxylic acids is 2. The molecule has 2 fully saturated rings. The van der Waals surface area contributed by atoms with E-state index in [1.165, 1.54) is 6.07 Å². The lowest BCUT2D eigenvalue weighted by Crippen LogP contribution is -2.51. The maximum absolute atomic E-state index is 13.9. The summed E-state index contributed by atoms with van der Waals surface area (Å²) in [4.78, 5) is 33.1. The Morgan fingerprint density at radius 2 is 2.00 bits per heavy atom. The largest absolute Gasteiger partial charge is 0.342 e. The number of nitrogens with one attached hydrogen (secondary N) is 1. The number of benzene rings is 1. The van der Waals surface area contributed by atoms with E-state index in [9.17, 15) is 14.0 Å². The number of amides is 2. The van der Waals surface area contributed by atoms with Gasteiger partial charge in [-0.25, -0.2) is 9.37 Å². The van der Waals surface area contributed by atoms with Crippen molar-refractivity contribution < 1.29 is 14.0 Å². The molecule has 0 radical (unpaired) electrons. The Labute approximate surface area is 162 Å². The normalized spacial score (nSPS) is 24.4. The number of aromatic nitrogens is 3. The van der Waals surface area contributed by atoms with E-state index in [-0.39, 0.29) is 29.0 Å². The highest BCUT2D eigenvalue weighted by Gasteiger charge is 2.54. The molecule has 2 amide bonds. The number of carbonyl (C=O) groups is 2. The molecule has 1 N–H and O–H groups in total. The summed E-state index contributed by atoms with van der Waals surface area (Å²) in [7, 11) is 0. The van der Waals surface area contributed by atoms with Gasteiger partial charge in [0.25, 0.3) is 5.91 Å². The van der Waals surface area contributed by atoms with Crippen LogP contribution in [0, 0.1) is 25.6 Å². The number of rotatable bonds is 2. The summed E-state index contributed by atoms with van der Waals surface area (Å²) in [6, 6.07) is 4.59. The number of hydrogen-bond donors (Lipinski definition) is 1. The fourth-order valence-electron chi connectivity index (χ4n) is 4.45. The Hall–Kier alpha value is -2.77. The van der Waals surface area contributed by atoms with Gasteiger partial charge in [-0.3, -0.25) is 14.7 Å². The first-order chi connectivity index (χ1) is 13.3. The summed E-state index contributed by atoms with van der Waals surface area (Å²) >= 11 is 0. The fourth-order valence-corrected chi connectivity index (χ4v) is 4.45. The fraction of sp³-hybridized carbons (Fsp3) is 0.500. The second kappa shape index (κ2) is 6.68. The highest BCUT2D eigenvalue weighted by molar-refractivity contribution is 5.94. The van der Waals surface area contributed by atoms with Crippen molar-refractivity contribution in [3.8, 4) is 0 Å². The van der Waals surface area contributed by atoms with Crippen molar-refractivity contribution in [2.75, 3.05) is 26.2 Å². The van der Waals surface area contributed by atoms with Crippen molar-refractivity contribution in [1.82, 2.24) is 25.0 Å². The van der Waals surface area contributed by atoms with Gasteiger partial charge in [-0.05, 0) is 38.0 Å². The average molecular weight is 385 g/mol. The van der Waals surface area contributed by atoms with Gasteiger partial charge >= 0.3 is 0 Å². The maximum atomic E-state index is 13.9. The van der Waals surface area contributed by atoms with E-state index in [1.54, 1.807) is 30.9 Å². The topological polar surface area (TPSA) is 82.2 Å². The number of halogens is 1. The van der Waals surface area contributed by atoms with Crippen LogP contribution in [0.4, 0.5) is 4.39 Å². The maximum Gasteiger partial charge on any atom is 0.253 e. The Morgan fingerprint density at radius 3 is 2.64 bits per heavy atom. The molecule has 0 bridgehead atoms. The van der Waals surface area contributed by atoms with Crippen molar-refractivity contribution in [3.63, 3.8) is 0 Å². The van der Waals surface area contributed by atoms with Crippen LogP contribution < -0.4 is 0 Å². The lowest BCUT2D eigenvalue weighted by Gasteiger charge is -2.41. The number of nitrogens with zero attached hydrogens (tertiary/aromatic N) is 4. The predicted octanol–water partition coefficient (Wildman–Crippen LogP) is 1.82. The first-order valence-electron chi connectivity index (χ1n) is 9.50. The molecular weight excluding hydrogens is 361 g/mol. The van der Waals surface area contributed by atoms with Crippen LogP contribution in [0.1, 0.15) is 40.9 Å². The van der Waals surface area contributed by atoms with Crippen molar-refractivity contribution in [2.45, 2.75) is 32.6 Å². The molecule has 7 nitrogen and oxygen atoms in total. The zero-order valence-electron chi connectivity index (χ0n) is 16.3. The number of fused-ring (bicyclic) bond motifs is 1. The van der Waals surface area contributed by atoms with E-state index >= 15 is 0 Å². The van der Waals surface area contributed by atoms with Gasteiger partial charge in [0.05, 0.1) is 5.41 Å². The molecule has 2 aliphatic rings. The second-order valence-electron chi connectivity index (χ2n) is 7.96. The minimum Gasteiger partial charge on any atom is -0.342 e. The third-order valence-electron chi connectivity index (χ3n) is 6.16. The van der Waals surface area contributed by atoms with Crippen molar-refractivity contribution in [1.29, 1.82) is 0 Å². The standard InChI is InChI=1S/C20H24FN5O2/c1-12-4-5-15(8-17(12)21)18(28)25-7-6-20(19-22-13(2)23-24-19)11-26(14(3)27)10-16(20)9-25/h4-5,8,16H,6-7,9-11H2,1-3H3,(H,22,23,24)/t16-,20-/m1/s1. The Bertz CT molecular complexity index is 942. The average Bonchev–Trinajstić information content (AvgIpc) is 3.27. The van der Waals surface area contributed by atoms with Crippen LogP contribution in [0.25, 0.3) is 0 Å². The van der Waals surface area contributed by atoms with Gasteiger partial charge in [0.1, 0.15) is 11.6 Å². The molecule has 2 atom stereocenters. The van der Waals surface area contributed by atoms with Crippen LogP contribution in [-0.4, -0.2) is 63.0 Å². The molecule has 2 saturated heterocycles. The van der Waals surface area contributed by atoms with Gasteiger partial charge < -0.3 is 9.80 Å². The predicted molar refractivity (Wildman–Crippen MR) is 100 cm³/mol. The lowest BCUT2D eigenvalue weighted by atomic mass is 9.71. The van der Waals surface area contributed by atoms with E-state index in [0.29, 0.717) is 49.6 Å². The van der Waals surface area contributed by atoms with E-state index in [0.717, 1.165) is 5.82 Å². The van der Waals surface area contributed by atoms with Crippen LogP contribution in [-0.2, 0) is 10.2 Å². The van der Waals surface area contributed by atoms with Crippen LogP contribution in [0.2, 0.25) is 0 Å². The number of aryl methyl sites for hydroxylation is 2. The van der Waals surface area contributed by atoms with Crippen LogP contribution in [0.5, 0.6) is 0 Å². The molecule has 1 aromatic carbocycles. The highest BCUT2D eigenvalue weighted by atomic mass is 19.1. The minimum absolute atomic E-state index is 0.0134. The molecule has 0 saturated carbocycles. The van der Waals surface area contributed by atoms with Gasteiger partial charge in [0.15, 0.2) is 5.82 Å². The summed E-state index contributed by atoms with van der Waals surface area (Å²) < 4.78 is 13.9. The molecule has 3 heterocycles. The summed E-state index contributed by atoms with van der Waals surface area (Å²) in [6.07, 6.45) is 0.665. The highest BCUT2D eigenvalue weighted by Crippen LogP contribution is 2.44. The van der Waals surface area contributed by atoms with Gasteiger partial charge in [0, 0.05) is 44.6 Å². The summed E-state index contributed by atoms with van der Waals surface area (Å²) in [5.74, 6) is 0.946. The first kappa shape index (κ1) is 18.6. The van der Waals surface area contributed by atoms with Gasteiger partial charge in [-0.15, -0.1) is 0 Å². The molecule has 0 unspecified atom stereocenters. The Kier molecular flexibility index (Phi) is 4.44. The van der Waals surface area contributed by atoms with E-state index in [4.69, 9.17) is 0 Å². The molecule has 0 spiro atoms. The summed E-state index contributed by atoms with van der Waals surface area (Å²) in [6.45, 7) is 7.22. The monoisotopic (exact) mass is 385 g/mol.